The van der Waals surface area contributed by atoms with Gasteiger partial charge in [0.2, 0.25) is 5.89 Å². The summed E-state index contributed by atoms with van der Waals surface area (Å²) in [5, 5.41) is 0.659. The van der Waals surface area contributed by atoms with Crippen molar-refractivity contribution in [1.29, 1.82) is 0 Å². The van der Waals surface area contributed by atoms with Gasteiger partial charge in [-0.15, -0.1) is 0 Å². The Kier molecular flexibility index (Phi) is 2.80. The standard InChI is InChI=1S/C15H12ClNO/c1-2-10-3-5-11(6-4-10)15-17-13-8-7-12(16)9-14(13)18-15/h3-9H,2H2,1H3. The lowest BCUT2D eigenvalue weighted by atomic mass is 10.1. The highest BCUT2D eigenvalue weighted by Gasteiger charge is 2.08. The first-order valence-corrected chi connectivity index (χ1v) is 6.29. The Balaban J connectivity index is 2.07. The predicted octanol–water partition coefficient (Wildman–Crippen LogP) is 4.71. The number of benzene rings is 2. The molecule has 3 rings (SSSR count). The van der Waals surface area contributed by atoms with Crippen LogP contribution >= 0.6 is 11.6 Å². The summed E-state index contributed by atoms with van der Waals surface area (Å²) in [5.41, 5.74) is 3.84. The highest BCUT2D eigenvalue weighted by atomic mass is 35.5. The van der Waals surface area contributed by atoms with Gasteiger partial charge in [-0.2, -0.15) is 0 Å². The lowest BCUT2D eigenvalue weighted by Gasteiger charge is -1.97. The van der Waals surface area contributed by atoms with Gasteiger partial charge in [0, 0.05) is 16.7 Å². The quantitative estimate of drug-likeness (QED) is 0.664. The number of rotatable bonds is 2. The zero-order chi connectivity index (χ0) is 12.5. The van der Waals surface area contributed by atoms with Crippen LogP contribution in [0.25, 0.3) is 22.6 Å². The maximum absolute atomic E-state index is 5.93. The van der Waals surface area contributed by atoms with Crippen molar-refractivity contribution in [2.24, 2.45) is 0 Å². The molecule has 3 aromatic rings. The summed E-state index contributed by atoms with van der Waals surface area (Å²) >= 11 is 5.93. The van der Waals surface area contributed by atoms with E-state index in [2.05, 4.69) is 24.0 Å². The molecule has 0 aliphatic carbocycles. The Bertz CT molecular complexity index is 685. The number of aryl methyl sites for hydroxylation is 1. The minimum atomic E-state index is 0.634. The number of nitrogens with zero attached hydrogens (tertiary/aromatic N) is 1. The Morgan fingerprint density at radius 1 is 1.11 bits per heavy atom. The van der Waals surface area contributed by atoms with E-state index < -0.39 is 0 Å². The molecule has 18 heavy (non-hydrogen) atoms. The van der Waals surface area contributed by atoms with Crippen LogP contribution in [0.3, 0.4) is 0 Å². The second-order valence-electron chi connectivity index (χ2n) is 4.18. The molecule has 1 heterocycles. The third-order valence-corrected chi connectivity index (χ3v) is 3.19. The summed E-state index contributed by atoms with van der Waals surface area (Å²) < 4.78 is 5.71. The third kappa shape index (κ3) is 2.00. The van der Waals surface area contributed by atoms with E-state index in [-0.39, 0.29) is 0 Å². The summed E-state index contributed by atoms with van der Waals surface area (Å²) in [4.78, 5) is 4.45. The van der Waals surface area contributed by atoms with Crippen LogP contribution in [0, 0.1) is 0 Å². The maximum Gasteiger partial charge on any atom is 0.227 e. The van der Waals surface area contributed by atoms with Crippen LogP contribution in [0.4, 0.5) is 0 Å². The maximum atomic E-state index is 5.93. The molecule has 0 aliphatic heterocycles. The van der Waals surface area contributed by atoms with Crippen LogP contribution < -0.4 is 0 Å². The summed E-state index contributed by atoms with van der Waals surface area (Å²) in [6.45, 7) is 2.14. The average Bonchev–Trinajstić information content (AvgIpc) is 2.81. The minimum absolute atomic E-state index is 0.634. The van der Waals surface area contributed by atoms with E-state index in [1.165, 1.54) is 5.56 Å². The summed E-state index contributed by atoms with van der Waals surface area (Å²) in [7, 11) is 0. The lowest BCUT2D eigenvalue weighted by molar-refractivity contribution is 0.620. The molecule has 0 aliphatic rings. The van der Waals surface area contributed by atoms with E-state index in [4.69, 9.17) is 16.0 Å². The van der Waals surface area contributed by atoms with Crippen LogP contribution in [-0.2, 0) is 6.42 Å². The molecule has 3 heteroatoms. The van der Waals surface area contributed by atoms with Gasteiger partial charge >= 0.3 is 0 Å². The van der Waals surface area contributed by atoms with Gasteiger partial charge < -0.3 is 4.42 Å². The molecule has 0 fully saturated rings. The first kappa shape index (κ1) is 11.3. The molecule has 90 valence electrons. The van der Waals surface area contributed by atoms with Crippen molar-refractivity contribution in [2.45, 2.75) is 13.3 Å². The molecule has 0 atom stereocenters. The highest BCUT2D eigenvalue weighted by molar-refractivity contribution is 6.31. The van der Waals surface area contributed by atoms with E-state index in [1.54, 1.807) is 6.07 Å². The number of fused-ring (bicyclic) bond motifs is 1. The average molecular weight is 258 g/mol. The van der Waals surface area contributed by atoms with E-state index >= 15 is 0 Å². The number of oxazole rings is 1. The molecule has 0 spiro atoms. The normalized spacial score (nSPS) is 11.0. The van der Waals surface area contributed by atoms with Gasteiger partial charge in [-0.1, -0.05) is 30.7 Å². The second-order valence-corrected chi connectivity index (χ2v) is 4.62. The summed E-state index contributed by atoms with van der Waals surface area (Å²) in [5.74, 6) is 0.634. The third-order valence-electron chi connectivity index (χ3n) is 2.96. The first-order valence-electron chi connectivity index (χ1n) is 5.91. The van der Waals surface area contributed by atoms with Gasteiger partial charge in [0.05, 0.1) is 0 Å². The molecular weight excluding hydrogens is 246 g/mol. The Morgan fingerprint density at radius 3 is 2.61 bits per heavy atom. The van der Waals surface area contributed by atoms with Crippen molar-refractivity contribution in [2.75, 3.05) is 0 Å². The van der Waals surface area contributed by atoms with Crippen molar-refractivity contribution >= 4 is 22.7 Å². The largest absolute Gasteiger partial charge is 0.436 e. The van der Waals surface area contributed by atoms with Gasteiger partial charge in [0.1, 0.15) is 5.52 Å². The Morgan fingerprint density at radius 2 is 1.89 bits per heavy atom. The van der Waals surface area contributed by atoms with Crippen molar-refractivity contribution in [3.8, 4) is 11.5 Å². The zero-order valence-corrected chi connectivity index (χ0v) is 10.7. The van der Waals surface area contributed by atoms with Gasteiger partial charge in [0.25, 0.3) is 0 Å². The zero-order valence-electron chi connectivity index (χ0n) is 9.98. The van der Waals surface area contributed by atoms with Crippen LogP contribution in [0.2, 0.25) is 5.02 Å². The molecule has 0 unspecified atom stereocenters. The number of aromatic nitrogens is 1. The second kappa shape index (κ2) is 4.46. The van der Waals surface area contributed by atoms with Gasteiger partial charge in [0.15, 0.2) is 5.58 Å². The lowest BCUT2D eigenvalue weighted by Crippen LogP contribution is -1.81. The van der Waals surface area contributed by atoms with Crippen LogP contribution in [0.15, 0.2) is 46.9 Å². The van der Waals surface area contributed by atoms with Crippen molar-refractivity contribution < 1.29 is 4.42 Å². The van der Waals surface area contributed by atoms with Crippen molar-refractivity contribution in [1.82, 2.24) is 4.98 Å². The van der Waals surface area contributed by atoms with Gasteiger partial charge in [-0.05, 0) is 36.2 Å². The number of hydrogen-bond acceptors (Lipinski definition) is 2. The first-order chi connectivity index (χ1) is 8.76. The molecule has 0 N–H and O–H groups in total. The fourth-order valence-electron chi connectivity index (χ4n) is 1.90. The molecule has 0 saturated heterocycles. The fraction of sp³-hybridized carbons (Fsp3) is 0.133. The minimum Gasteiger partial charge on any atom is -0.436 e. The Hall–Kier alpha value is -1.80. The summed E-state index contributed by atoms with van der Waals surface area (Å²) in [6, 6.07) is 13.7. The van der Waals surface area contributed by atoms with E-state index in [9.17, 15) is 0 Å². The topological polar surface area (TPSA) is 26.0 Å². The number of halogens is 1. The van der Waals surface area contributed by atoms with Gasteiger partial charge in [-0.3, -0.25) is 0 Å². The molecule has 1 aromatic heterocycles. The predicted molar refractivity (Wildman–Crippen MR) is 73.8 cm³/mol. The van der Waals surface area contributed by atoms with E-state index in [0.29, 0.717) is 10.9 Å². The SMILES string of the molecule is CCc1ccc(-c2nc3ccc(Cl)cc3o2)cc1. The number of hydrogen-bond donors (Lipinski definition) is 0. The van der Waals surface area contributed by atoms with Crippen LogP contribution in [0.1, 0.15) is 12.5 Å². The molecule has 0 radical (unpaired) electrons. The van der Waals surface area contributed by atoms with Crippen LogP contribution in [-0.4, -0.2) is 4.98 Å². The fourth-order valence-corrected chi connectivity index (χ4v) is 2.07. The van der Waals surface area contributed by atoms with E-state index in [0.717, 1.165) is 23.1 Å². The molecule has 0 amide bonds. The molecule has 0 bridgehead atoms. The van der Waals surface area contributed by atoms with Crippen molar-refractivity contribution in [3.05, 3.63) is 53.1 Å². The molecular formula is C15H12ClNO. The molecule has 0 saturated carbocycles. The van der Waals surface area contributed by atoms with E-state index in [1.807, 2.05) is 24.3 Å². The smallest absolute Gasteiger partial charge is 0.227 e. The highest BCUT2D eigenvalue weighted by Crippen LogP contribution is 2.26. The van der Waals surface area contributed by atoms with Gasteiger partial charge in [-0.25, -0.2) is 4.98 Å². The molecule has 2 nitrogen and oxygen atoms in total. The van der Waals surface area contributed by atoms with Crippen LogP contribution in [0.5, 0.6) is 0 Å². The molecule has 2 aromatic carbocycles. The monoisotopic (exact) mass is 257 g/mol. The summed E-state index contributed by atoms with van der Waals surface area (Å²) in [6.07, 6.45) is 1.03. The Labute approximate surface area is 110 Å². The van der Waals surface area contributed by atoms with Crippen molar-refractivity contribution in [3.63, 3.8) is 0 Å².